The molecule has 1 unspecified atom stereocenters. The molecule has 4 rings (SSSR count). The van der Waals surface area contributed by atoms with E-state index in [9.17, 15) is 9.59 Å². The van der Waals surface area contributed by atoms with Crippen molar-refractivity contribution >= 4 is 23.4 Å². The predicted octanol–water partition coefficient (Wildman–Crippen LogP) is 4.32. The van der Waals surface area contributed by atoms with Gasteiger partial charge < -0.3 is 24.6 Å². The van der Waals surface area contributed by atoms with Crippen LogP contribution in [0.2, 0.25) is 0 Å². The second kappa shape index (κ2) is 10.3. The van der Waals surface area contributed by atoms with Crippen LogP contribution >= 0.6 is 0 Å². The molecule has 8 nitrogen and oxygen atoms in total. The van der Waals surface area contributed by atoms with Gasteiger partial charge in [0.25, 0.3) is 0 Å². The maximum Gasteiger partial charge on any atom is 0.410 e. The number of nitrogens with one attached hydrogen (secondary N) is 1. The van der Waals surface area contributed by atoms with Gasteiger partial charge in [0, 0.05) is 50.9 Å². The number of carbonyl (C=O) groups excluding carboxylic acids is 2. The number of anilines is 2. The lowest BCUT2D eigenvalue weighted by molar-refractivity contribution is -0.119. The fourth-order valence-electron chi connectivity index (χ4n) is 4.29. The SMILES string of the molecule is CC(C)(C)OC(=O)N1CCC(Oc2ccc(NC(=O)C3CCN(c4cccnc4)C3)cc2)CC1. The highest BCUT2D eigenvalue weighted by Crippen LogP contribution is 2.25. The molecule has 2 aliphatic rings. The summed E-state index contributed by atoms with van der Waals surface area (Å²) in [6, 6.07) is 11.4. The van der Waals surface area contributed by atoms with Crippen molar-refractivity contribution in [1.82, 2.24) is 9.88 Å². The van der Waals surface area contributed by atoms with E-state index in [2.05, 4.69) is 15.2 Å². The minimum absolute atomic E-state index is 0.0366. The number of carbonyl (C=O) groups is 2. The van der Waals surface area contributed by atoms with Gasteiger partial charge in [0.05, 0.1) is 17.8 Å². The van der Waals surface area contributed by atoms with Crippen molar-refractivity contribution in [2.75, 3.05) is 36.4 Å². The van der Waals surface area contributed by atoms with Gasteiger partial charge >= 0.3 is 6.09 Å². The fourth-order valence-corrected chi connectivity index (χ4v) is 4.29. The standard InChI is InChI=1S/C26H34N4O4/c1-26(2,3)34-25(32)29-15-11-23(12-16-29)33-22-8-6-20(7-9-22)28-24(31)19-10-14-30(18-19)21-5-4-13-27-17-21/h4-9,13,17,19,23H,10-12,14-16,18H2,1-3H3,(H,28,31). The molecular formula is C26H34N4O4. The number of hydrogen-bond donors (Lipinski definition) is 1. The third-order valence-corrected chi connectivity index (χ3v) is 6.09. The summed E-state index contributed by atoms with van der Waals surface area (Å²) in [4.78, 5) is 33.1. The van der Waals surface area contributed by atoms with E-state index >= 15 is 0 Å². The molecule has 1 atom stereocenters. The van der Waals surface area contributed by atoms with Gasteiger partial charge in [-0.2, -0.15) is 0 Å². The number of rotatable bonds is 5. The number of ether oxygens (including phenoxy) is 2. The van der Waals surface area contributed by atoms with Crippen molar-refractivity contribution in [2.24, 2.45) is 5.92 Å². The summed E-state index contributed by atoms with van der Waals surface area (Å²) in [5.41, 5.74) is 1.33. The lowest BCUT2D eigenvalue weighted by Crippen LogP contribution is -2.44. The molecule has 34 heavy (non-hydrogen) atoms. The van der Waals surface area contributed by atoms with Crippen LogP contribution in [0.4, 0.5) is 16.2 Å². The molecule has 1 aromatic carbocycles. The van der Waals surface area contributed by atoms with Crippen molar-refractivity contribution in [3.8, 4) is 5.75 Å². The Morgan fingerprint density at radius 3 is 2.41 bits per heavy atom. The van der Waals surface area contributed by atoms with Crippen LogP contribution in [0.25, 0.3) is 0 Å². The van der Waals surface area contributed by atoms with Gasteiger partial charge in [-0.3, -0.25) is 9.78 Å². The summed E-state index contributed by atoms with van der Waals surface area (Å²) >= 11 is 0. The first-order chi connectivity index (χ1) is 16.3. The van der Waals surface area contributed by atoms with E-state index < -0.39 is 5.60 Å². The Balaban J connectivity index is 1.22. The molecule has 3 heterocycles. The number of likely N-dealkylation sites (tertiary alicyclic amines) is 1. The highest BCUT2D eigenvalue weighted by molar-refractivity contribution is 5.93. The van der Waals surface area contributed by atoms with E-state index in [0.29, 0.717) is 19.6 Å². The van der Waals surface area contributed by atoms with E-state index in [-0.39, 0.29) is 24.0 Å². The maximum atomic E-state index is 12.7. The molecule has 1 aromatic heterocycles. The summed E-state index contributed by atoms with van der Waals surface area (Å²) in [6.07, 6.45) is 5.71. The first-order valence-corrected chi connectivity index (χ1v) is 12.0. The summed E-state index contributed by atoms with van der Waals surface area (Å²) in [5, 5.41) is 3.03. The third kappa shape index (κ3) is 6.40. The molecule has 2 aliphatic heterocycles. The van der Waals surface area contributed by atoms with E-state index in [1.54, 1.807) is 11.1 Å². The lowest BCUT2D eigenvalue weighted by Gasteiger charge is -2.33. The van der Waals surface area contributed by atoms with Gasteiger partial charge in [0.2, 0.25) is 5.91 Å². The minimum Gasteiger partial charge on any atom is -0.490 e. The number of hydrogen-bond acceptors (Lipinski definition) is 6. The molecule has 0 aliphatic carbocycles. The highest BCUT2D eigenvalue weighted by atomic mass is 16.6. The monoisotopic (exact) mass is 466 g/mol. The van der Waals surface area contributed by atoms with Gasteiger partial charge in [-0.25, -0.2) is 4.79 Å². The Morgan fingerprint density at radius 2 is 1.76 bits per heavy atom. The molecule has 2 saturated heterocycles. The molecule has 8 heteroatoms. The van der Waals surface area contributed by atoms with Crippen molar-refractivity contribution in [2.45, 2.75) is 51.7 Å². The molecule has 2 aromatic rings. The Labute approximate surface area is 201 Å². The average molecular weight is 467 g/mol. The second-order valence-corrected chi connectivity index (χ2v) is 9.94. The normalized spacial score (nSPS) is 19.1. The predicted molar refractivity (Wildman–Crippen MR) is 131 cm³/mol. The molecule has 1 N–H and O–H groups in total. The summed E-state index contributed by atoms with van der Waals surface area (Å²) < 4.78 is 11.5. The van der Waals surface area contributed by atoms with Crippen LogP contribution in [0.15, 0.2) is 48.8 Å². The summed E-state index contributed by atoms with van der Waals surface area (Å²) in [7, 11) is 0. The van der Waals surface area contributed by atoms with Crippen molar-refractivity contribution < 1.29 is 19.1 Å². The summed E-state index contributed by atoms with van der Waals surface area (Å²) in [6.45, 7) is 8.40. The number of nitrogens with zero attached hydrogens (tertiary/aromatic N) is 3. The van der Waals surface area contributed by atoms with Gasteiger partial charge in [-0.1, -0.05) is 0 Å². The minimum atomic E-state index is -0.488. The number of amides is 2. The lowest BCUT2D eigenvalue weighted by atomic mass is 10.1. The van der Waals surface area contributed by atoms with Crippen LogP contribution < -0.4 is 15.0 Å². The van der Waals surface area contributed by atoms with Crippen LogP contribution in [0.1, 0.15) is 40.0 Å². The van der Waals surface area contributed by atoms with Gasteiger partial charge in [0.15, 0.2) is 0 Å². The van der Waals surface area contributed by atoms with Gasteiger partial charge in [-0.15, -0.1) is 0 Å². The molecule has 0 bridgehead atoms. The smallest absolute Gasteiger partial charge is 0.410 e. The van der Waals surface area contributed by atoms with E-state index in [1.165, 1.54) is 0 Å². The second-order valence-electron chi connectivity index (χ2n) is 9.94. The fraction of sp³-hybridized carbons (Fsp3) is 0.500. The molecule has 2 amide bonds. The Bertz CT molecular complexity index is 967. The Morgan fingerprint density at radius 1 is 1.03 bits per heavy atom. The van der Waals surface area contributed by atoms with Crippen molar-refractivity contribution in [1.29, 1.82) is 0 Å². The first kappa shape index (κ1) is 23.9. The Hall–Kier alpha value is -3.29. The van der Waals surface area contributed by atoms with Gasteiger partial charge in [0.1, 0.15) is 17.5 Å². The number of benzene rings is 1. The zero-order chi connectivity index (χ0) is 24.1. The van der Waals surface area contributed by atoms with Crippen molar-refractivity contribution in [3.05, 3.63) is 48.8 Å². The Kier molecular flexibility index (Phi) is 7.24. The third-order valence-electron chi connectivity index (χ3n) is 6.09. The average Bonchev–Trinajstić information content (AvgIpc) is 3.31. The molecular weight excluding hydrogens is 432 g/mol. The largest absolute Gasteiger partial charge is 0.490 e. The highest BCUT2D eigenvalue weighted by Gasteiger charge is 2.29. The number of pyridine rings is 1. The molecule has 0 spiro atoms. The van der Waals surface area contributed by atoms with E-state index in [1.807, 2.05) is 63.4 Å². The van der Waals surface area contributed by atoms with E-state index in [0.717, 1.165) is 42.9 Å². The molecule has 0 radical (unpaired) electrons. The molecule has 182 valence electrons. The topological polar surface area (TPSA) is 84.0 Å². The van der Waals surface area contributed by atoms with Gasteiger partial charge in [-0.05, 0) is 63.6 Å². The van der Waals surface area contributed by atoms with E-state index in [4.69, 9.17) is 9.47 Å². The van der Waals surface area contributed by atoms with Crippen LogP contribution in [0, 0.1) is 5.92 Å². The zero-order valence-corrected chi connectivity index (χ0v) is 20.2. The molecule has 2 fully saturated rings. The van der Waals surface area contributed by atoms with Crippen LogP contribution in [-0.2, 0) is 9.53 Å². The first-order valence-electron chi connectivity index (χ1n) is 12.0. The van der Waals surface area contributed by atoms with Crippen molar-refractivity contribution in [3.63, 3.8) is 0 Å². The quantitative estimate of drug-likeness (QED) is 0.706. The van der Waals surface area contributed by atoms with Crippen LogP contribution in [0.3, 0.4) is 0 Å². The summed E-state index contributed by atoms with van der Waals surface area (Å²) in [5.74, 6) is 0.748. The number of aromatic nitrogens is 1. The van der Waals surface area contributed by atoms with Crippen LogP contribution in [0.5, 0.6) is 5.75 Å². The van der Waals surface area contributed by atoms with Crippen LogP contribution in [-0.4, -0.2) is 59.8 Å². The maximum absolute atomic E-state index is 12.7. The zero-order valence-electron chi connectivity index (χ0n) is 20.2. The molecule has 0 saturated carbocycles. The number of piperidine rings is 1.